The zero-order valence-corrected chi connectivity index (χ0v) is 20.4. The minimum Gasteiger partial charge on any atom is -0.365 e. The Morgan fingerprint density at radius 1 is 0.886 bits per heavy atom. The molecular formula is C29H27N3O2S. The van der Waals surface area contributed by atoms with Gasteiger partial charge in [0.25, 0.3) is 10.0 Å². The van der Waals surface area contributed by atoms with E-state index in [4.69, 9.17) is 0 Å². The summed E-state index contributed by atoms with van der Waals surface area (Å²) in [6.45, 7) is 1.95. The van der Waals surface area contributed by atoms with Crippen molar-refractivity contribution in [1.29, 1.82) is 0 Å². The van der Waals surface area contributed by atoms with Crippen LogP contribution in [0.25, 0.3) is 6.08 Å². The molecule has 0 bridgehead atoms. The lowest BCUT2D eigenvalue weighted by atomic mass is 9.68. The third kappa shape index (κ3) is 3.78. The van der Waals surface area contributed by atoms with Crippen LogP contribution >= 0.6 is 0 Å². The molecule has 6 rings (SSSR count). The van der Waals surface area contributed by atoms with E-state index in [1.54, 1.807) is 12.1 Å². The second-order valence-electron chi connectivity index (χ2n) is 9.50. The quantitative estimate of drug-likeness (QED) is 0.392. The maximum absolute atomic E-state index is 13.9. The number of fused-ring (bicyclic) bond motifs is 1. The molecule has 2 aliphatic carbocycles. The molecule has 2 aliphatic rings. The number of nitrogens with zero attached hydrogens (tertiary/aromatic N) is 2. The van der Waals surface area contributed by atoms with Crippen LogP contribution in [0, 0.1) is 6.92 Å². The van der Waals surface area contributed by atoms with Crippen molar-refractivity contribution in [1.82, 2.24) is 9.19 Å². The number of benzene rings is 3. The summed E-state index contributed by atoms with van der Waals surface area (Å²) in [5.74, 6) is 0.643. The normalized spacial score (nSPS) is 16.6. The lowest BCUT2D eigenvalue weighted by Crippen LogP contribution is -2.32. The average Bonchev–Trinajstić information content (AvgIpc) is 3.64. The first-order chi connectivity index (χ1) is 17.0. The highest BCUT2D eigenvalue weighted by molar-refractivity contribution is 7.89. The molecule has 1 N–H and O–H groups in total. The van der Waals surface area contributed by atoms with Gasteiger partial charge in [-0.05, 0) is 43.0 Å². The third-order valence-electron chi connectivity index (χ3n) is 7.01. The van der Waals surface area contributed by atoms with Gasteiger partial charge < -0.3 is 5.32 Å². The molecule has 1 aromatic heterocycles. The molecule has 0 atom stereocenters. The Labute approximate surface area is 206 Å². The first-order valence-corrected chi connectivity index (χ1v) is 13.4. The number of aromatic nitrogens is 2. The van der Waals surface area contributed by atoms with Gasteiger partial charge in [0.1, 0.15) is 0 Å². The maximum atomic E-state index is 13.9. The van der Waals surface area contributed by atoms with E-state index in [1.807, 2.05) is 55.5 Å². The fraction of sp³-hybridized carbons (Fsp3) is 0.207. The van der Waals surface area contributed by atoms with Gasteiger partial charge in [0.2, 0.25) is 0 Å². The number of allylic oxidation sites excluding steroid dienone is 1. The fourth-order valence-electron chi connectivity index (χ4n) is 4.90. The van der Waals surface area contributed by atoms with E-state index >= 15 is 0 Å². The Hall–Kier alpha value is -3.64. The van der Waals surface area contributed by atoms with Gasteiger partial charge in [0, 0.05) is 23.4 Å². The maximum Gasteiger partial charge on any atom is 0.283 e. The molecule has 35 heavy (non-hydrogen) atoms. The highest BCUT2D eigenvalue weighted by Crippen LogP contribution is 2.44. The second-order valence-corrected chi connectivity index (χ2v) is 11.3. The van der Waals surface area contributed by atoms with Crippen molar-refractivity contribution in [2.75, 3.05) is 5.32 Å². The van der Waals surface area contributed by atoms with E-state index in [-0.39, 0.29) is 4.90 Å². The highest BCUT2D eigenvalue weighted by Gasteiger charge is 2.40. The summed E-state index contributed by atoms with van der Waals surface area (Å²) in [5, 5.41) is 8.12. The third-order valence-corrected chi connectivity index (χ3v) is 8.64. The van der Waals surface area contributed by atoms with Gasteiger partial charge in [-0.25, -0.2) is 0 Å². The number of anilines is 1. The zero-order chi connectivity index (χ0) is 24.0. The Kier molecular flexibility index (Phi) is 5.15. The summed E-state index contributed by atoms with van der Waals surface area (Å²) in [5.41, 5.74) is 4.29. The lowest BCUT2D eigenvalue weighted by molar-refractivity contribution is 0.565. The predicted octanol–water partition coefficient (Wildman–Crippen LogP) is 5.56. The average molecular weight is 482 g/mol. The topological polar surface area (TPSA) is 64.0 Å². The van der Waals surface area contributed by atoms with E-state index in [9.17, 15) is 8.42 Å². The molecule has 0 amide bonds. The Morgan fingerprint density at radius 2 is 1.49 bits per heavy atom. The highest BCUT2D eigenvalue weighted by atomic mass is 32.2. The Bertz CT molecular complexity index is 1460. The van der Waals surface area contributed by atoms with E-state index in [0.717, 1.165) is 35.1 Å². The molecule has 0 radical (unpaired) electrons. The standard InChI is InChI=1S/C29H27N3O2S/c1-21-12-16-25(17-13-21)35(33,34)32-27-20-29(22-8-4-2-5-9-22,23-10-6-3-7-11-23)19-18-26(27)28(31-32)30-24-14-15-24/h2-13,16-19,24H,14-15,20H2,1H3,(H,30,31). The summed E-state index contributed by atoms with van der Waals surface area (Å²) in [6, 6.07) is 27.9. The van der Waals surface area contributed by atoms with Crippen LogP contribution < -0.4 is 5.32 Å². The van der Waals surface area contributed by atoms with Crippen LogP contribution in [0.5, 0.6) is 0 Å². The summed E-state index contributed by atoms with van der Waals surface area (Å²) in [6.07, 6.45) is 6.90. The minimum absolute atomic E-state index is 0.242. The summed E-state index contributed by atoms with van der Waals surface area (Å²) >= 11 is 0. The molecule has 3 aromatic carbocycles. The van der Waals surface area contributed by atoms with Crippen LogP contribution in [0.1, 0.15) is 40.8 Å². The number of hydrogen-bond acceptors (Lipinski definition) is 4. The second kappa shape index (κ2) is 8.24. The van der Waals surface area contributed by atoms with Gasteiger partial charge in [0.05, 0.1) is 10.6 Å². The van der Waals surface area contributed by atoms with Gasteiger partial charge in [-0.1, -0.05) is 90.5 Å². The summed E-state index contributed by atoms with van der Waals surface area (Å²) < 4.78 is 29.0. The predicted molar refractivity (Wildman–Crippen MR) is 139 cm³/mol. The van der Waals surface area contributed by atoms with Gasteiger partial charge in [-0.2, -0.15) is 12.5 Å². The molecular weight excluding hydrogens is 454 g/mol. The van der Waals surface area contributed by atoms with E-state index in [0.29, 0.717) is 24.0 Å². The van der Waals surface area contributed by atoms with E-state index < -0.39 is 15.4 Å². The number of rotatable bonds is 6. The van der Waals surface area contributed by atoms with Gasteiger partial charge >= 0.3 is 0 Å². The molecule has 4 aromatic rings. The van der Waals surface area contributed by atoms with Crippen molar-refractivity contribution in [2.45, 2.75) is 42.5 Å². The van der Waals surface area contributed by atoms with Crippen LogP contribution in [0.4, 0.5) is 5.82 Å². The van der Waals surface area contributed by atoms with Crippen LogP contribution in [0.2, 0.25) is 0 Å². The van der Waals surface area contributed by atoms with Crippen LogP contribution in [0.15, 0.2) is 95.9 Å². The Balaban J connectivity index is 1.55. The van der Waals surface area contributed by atoms with E-state index in [2.05, 4.69) is 46.8 Å². The lowest BCUT2D eigenvalue weighted by Gasteiger charge is -2.35. The SMILES string of the molecule is Cc1ccc(S(=O)(=O)n2nc(NC3CC3)c3c2CC(c2ccccc2)(c2ccccc2)C=C3)cc1. The van der Waals surface area contributed by atoms with Crippen molar-refractivity contribution in [2.24, 2.45) is 0 Å². The summed E-state index contributed by atoms with van der Waals surface area (Å²) in [4.78, 5) is 0.242. The first kappa shape index (κ1) is 21.9. The molecule has 1 fully saturated rings. The van der Waals surface area contributed by atoms with Crippen molar-refractivity contribution in [3.63, 3.8) is 0 Å². The molecule has 6 heteroatoms. The van der Waals surface area contributed by atoms with Crippen molar-refractivity contribution >= 4 is 21.9 Å². The van der Waals surface area contributed by atoms with Crippen molar-refractivity contribution in [3.8, 4) is 0 Å². The molecule has 176 valence electrons. The fourth-order valence-corrected chi connectivity index (χ4v) is 6.22. The molecule has 0 saturated heterocycles. The molecule has 0 unspecified atom stereocenters. The van der Waals surface area contributed by atoms with Gasteiger partial charge in [-0.15, -0.1) is 5.10 Å². The van der Waals surface area contributed by atoms with Crippen LogP contribution in [0.3, 0.4) is 0 Å². The smallest absolute Gasteiger partial charge is 0.283 e. The summed E-state index contributed by atoms with van der Waals surface area (Å²) in [7, 11) is -3.87. The molecule has 0 spiro atoms. The minimum atomic E-state index is -3.87. The Morgan fingerprint density at radius 3 is 2.06 bits per heavy atom. The molecule has 1 saturated carbocycles. The zero-order valence-electron chi connectivity index (χ0n) is 19.6. The van der Waals surface area contributed by atoms with E-state index in [1.165, 1.54) is 4.09 Å². The monoisotopic (exact) mass is 481 g/mol. The molecule has 0 aliphatic heterocycles. The molecule has 1 heterocycles. The first-order valence-electron chi connectivity index (χ1n) is 12.0. The van der Waals surface area contributed by atoms with Crippen LogP contribution in [-0.2, 0) is 21.9 Å². The molecule has 5 nitrogen and oxygen atoms in total. The largest absolute Gasteiger partial charge is 0.365 e. The number of aryl methyl sites for hydroxylation is 1. The van der Waals surface area contributed by atoms with Crippen molar-refractivity contribution < 1.29 is 8.42 Å². The number of hydrogen-bond donors (Lipinski definition) is 1. The van der Waals surface area contributed by atoms with Gasteiger partial charge in [-0.3, -0.25) is 0 Å². The van der Waals surface area contributed by atoms with Crippen molar-refractivity contribution in [3.05, 3.63) is 119 Å². The van der Waals surface area contributed by atoms with Crippen LogP contribution in [-0.4, -0.2) is 23.6 Å². The number of nitrogens with one attached hydrogen (secondary N) is 1. The van der Waals surface area contributed by atoms with Gasteiger partial charge in [0.15, 0.2) is 5.82 Å².